The number of hydrogen-bond acceptors (Lipinski definition) is 9. The molecule has 2 aromatic heterocycles. The molecule has 0 aliphatic carbocycles. The molecule has 5 aromatic rings. The van der Waals surface area contributed by atoms with E-state index in [2.05, 4.69) is 74.9 Å². The van der Waals surface area contributed by atoms with Gasteiger partial charge in [0, 0.05) is 63.6 Å². The number of piperidine rings is 1. The van der Waals surface area contributed by atoms with E-state index >= 15 is 0 Å². The quantitative estimate of drug-likeness (QED) is 0.131. The molecule has 1 saturated heterocycles. The Balaban J connectivity index is 1.27. The van der Waals surface area contributed by atoms with E-state index in [9.17, 15) is 9.65 Å². The number of benzene rings is 3. The van der Waals surface area contributed by atoms with Gasteiger partial charge in [-0.2, -0.15) is 5.26 Å². The van der Waals surface area contributed by atoms with Gasteiger partial charge in [-0.05, 0) is 98.5 Å². The highest BCUT2D eigenvalue weighted by atomic mass is 35.5. The second-order valence-corrected chi connectivity index (χ2v) is 15.5. The van der Waals surface area contributed by atoms with E-state index in [4.69, 9.17) is 34.8 Å². The molecule has 3 aromatic carbocycles. The van der Waals surface area contributed by atoms with Crippen molar-refractivity contribution in [2.45, 2.75) is 51.2 Å². The third-order valence-electron chi connectivity index (χ3n) is 9.15. The molecule has 2 aliphatic rings. The monoisotopic (exact) mass is 734 g/mol. The van der Waals surface area contributed by atoms with Gasteiger partial charge in [0.1, 0.15) is 11.9 Å². The second kappa shape index (κ2) is 13.5. The predicted molar refractivity (Wildman–Crippen MR) is 200 cm³/mol. The fourth-order valence-corrected chi connectivity index (χ4v) is 8.10. The van der Waals surface area contributed by atoms with Crippen LogP contribution in [0, 0.1) is 17.1 Å². The summed E-state index contributed by atoms with van der Waals surface area (Å²) < 4.78 is 15.1. The van der Waals surface area contributed by atoms with Crippen molar-refractivity contribution < 1.29 is 4.39 Å². The number of nitrogens with zero attached hydrogens (tertiary/aromatic N) is 4. The van der Waals surface area contributed by atoms with Gasteiger partial charge in [0.15, 0.2) is 0 Å². The smallest absolute Gasteiger partial charge is 0.141 e. The highest BCUT2D eigenvalue weighted by Gasteiger charge is 2.32. The molecule has 0 bridgehead atoms. The number of aromatic nitrogens is 1. The van der Waals surface area contributed by atoms with Gasteiger partial charge in [0.25, 0.3) is 0 Å². The van der Waals surface area contributed by atoms with Crippen molar-refractivity contribution in [2.24, 2.45) is 0 Å². The molecule has 1 fully saturated rings. The summed E-state index contributed by atoms with van der Waals surface area (Å²) in [7, 11) is 0. The lowest BCUT2D eigenvalue weighted by atomic mass is 9.97. The Hall–Kier alpha value is -3.82. The molecule has 7 rings (SSSR count). The Bertz CT molecular complexity index is 2130. The number of rotatable bonds is 7. The Kier molecular flexibility index (Phi) is 9.26. The summed E-state index contributed by atoms with van der Waals surface area (Å²) in [5, 5.41) is 24.0. The van der Waals surface area contributed by atoms with Gasteiger partial charge in [-0.1, -0.05) is 34.8 Å². The molecule has 0 radical (unpaired) electrons. The Morgan fingerprint density at radius 1 is 1.02 bits per heavy atom. The highest BCUT2D eigenvalue weighted by Crippen LogP contribution is 2.40. The van der Waals surface area contributed by atoms with Gasteiger partial charge in [-0.15, -0.1) is 16.9 Å². The maximum Gasteiger partial charge on any atom is 0.141 e. The molecule has 0 saturated carbocycles. The van der Waals surface area contributed by atoms with Crippen LogP contribution >= 0.6 is 46.1 Å². The predicted octanol–water partition coefficient (Wildman–Crippen LogP) is 9.75. The van der Waals surface area contributed by atoms with E-state index in [-0.39, 0.29) is 16.6 Å². The summed E-state index contributed by atoms with van der Waals surface area (Å²) in [6, 6.07) is 16.2. The number of nitrogens with one attached hydrogen (secondary N) is 4. The zero-order valence-corrected chi connectivity index (χ0v) is 30.1. The summed E-state index contributed by atoms with van der Waals surface area (Å²) in [5.41, 5.74) is 11.5. The van der Waals surface area contributed by atoms with Crippen LogP contribution in [-0.2, 0) is 0 Å². The summed E-state index contributed by atoms with van der Waals surface area (Å²) in [4.78, 5) is 7.04. The van der Waals surface area contributed by atoms with Crippen LogP contribution in [0.4, 0.5) is 21.5 Å². The minimum absolute atomic E-state index is 0.0343. The maximum atomic E-state index is 13.9. The van der Waals surface area contributed by atoms with E-state index in [0.29, 0.717) is 49.6 Å². The second-order valence-electron chi connectivity index (χ2n) is 13.3. The van der Waals surface area contributed by atoms with Crippen molar-refractivity contribution in [3.63, 3.8) is 0 Å². The van der Waals surface area contributed by atoms with Crippen molar-refractivity contribution in [2.75, 3.05) is 23.7 Å². The van der Waals surface area contributed by atoms with Crippen LogP contribution in [0.1, 0.15) is 50.8 Å². The summed E-state index contributed by atoms with van der Waals surface area (Å²) in [6.45, 7) is 8.85. The molecule has 0 spiro atoms. The lowest BCUT2D eigenvalue weighted by molar-refractivity contribution is 0.0570. The minimum Gasteiger partial charge on any atom is -0.373 e. The molecule has 2 aliphatic heterocycles. The normalized spacial score (nSPS) is 16.4. The Labute approximate surface area is 303 Å². The van der Waals surface area contributed by atoms with E-state index in [0.717, 1.165) is 47.3 Å². The molecule has 4 heterocycles. The van der Waals surface area contributed by atoms with Gasteiger partial charge in [-0.3, -0.25) is 14.9 Å². The number of pyridine rings is 1. The van der Waals surface area contributed by atoms with Crippen molar-refractivity contribution in [1.82, 2.24) is 25.9 Å². The molecular formula is C36H34Cl3FN8S. The number of fused-ring (bicyclic) bond motifs is 2. The molecule has 1 atom stereocenters. The number of likely N-dealkylation sites (tertiary alicyclic amines) is 1. The first kappa shape index (κ1) is 33.7. The summed E-state index contributed by atoms with van der Waals surface area (Å²) >= 11 is 21.1. The van der Waals surface area contributed by atoms with Crippen LogP contribution in [0.25, 0.3) is 21.0 Å². The maximum absolute atomic E-state index is 13.9. The van der Waals surface area contributed by atoms with Crippen LogP contribution in [0.15, 0.2) is 72.0 Å². The van der Waals surface area contributed by atoms with Gasteiger partial charge < -0.3 is 16.1 Å². The summed E-state index contributed by atoms with van der Waals surface area (Å²) in [6.07, 6.45) is 5.69. The first-order valence-corrected chi connectivity index (χ1v) is 17.9. The van der Waals surface area contributed by atoms with Crippen LogP contribution in [-0.4, -0.2) is 39.6 Å². The average molecular weight is 736 g/mol. The molecule has 252 valence electrons. The van der Waals surface area contributed by atoms with E-state index in [1.807, 2.05) is 30.3 Å². The standard InChI is InChI=1S/C36H34Cl3FN8S/c1-36(2,3)47-10-8-24(9-11-47)48-18-31(45-46-48)35(27-19-49-32-7-4-21(37)12-25(27)32)44-23-13-26-33(43-22-5-6-30(40)28(38)14-22)20(16-41)17-42-34(26)29(39)15-23/h4-7,12-15,17-19,24,35,44-46H,8-11H2,1-3H3,(H,42,43)/t35-/m0/s1. The van der Waals surface area contributed by atoms with Crippen molar-refractivity contribution in [3.05, 3.63) is 104 Å². The molecule has 0 unspecified atom stereocenters. The molecule has 8 nitrogen and oxygen atoms in total. The fourth-order valence-electron chi connectivity index (χ4n) is 6.52. The zero-order chi connectivity index (χ0) is 34.4. The van der Waals surface area contributed by atoms with E-state index < -0.39 is 5.82 Å². The zero-order valence-electron chi connectivity index (χ0n) is 27.0. The lowest BCUT2D eigenvalue weighted by Gasteiger charge is -2.42. The van der Waals surface area contributed by atoms with Gasteiger partial charge >= 0.3 is 0 Å². The third-order valence-corrected chi connectivity index (χ3v) is 10.9. The Morgan fingerprint density at radius 3 is 2.53 bits per heavy atom. The fraction of sp³-hybridized carbons (Fsp3) is 0.278. The highest BCUT2D eigenvalue weighted by molar-refractivity contribution is 7.17. The number of thiophene rings is 1. The number of nitriles is 1. The molecule has 13 heteroatoms. The van der Waals surface area contributed by atoms with Crippen LogP contribution in [0.5, 0.6) is 0 Å². The number of hydrazine groups is 2. The first-order chi connectivity index (χ1) is 23.5. The number of halogens is 4. The van der Waals surface area contributed by atoms with Gasteiger partial charge in [-0.25, -0.2) is 4.39 Å². The minimum atomic E-state index is -0.534. The SMILES string of the molecule is CC(C)(C)N1CCC(N2C=C([C@@H](Nc3cc(Cl)c4ncc(C#N)c(Nc5ccc(F)c(Cl)c5)c4c3)c3csc4ccc(Cl)cc34)NN2)CC1. The molecule has 49 heavy (non-hydrogen) atoms. The molecule has 4 N–H and O–H groups in total. The third kappa shape index (κ3) is 6.84. The van der Waals surface area contributed by atoms with E-state index in [1.165, 1.54) is 18.3 Å². The van der Waals surface area contributed by atoms with Crippen molar-refractivity contribution >= 4 is 84.2 Å². The van der Waals surface area contributed by atoms with Crippen molar-refractivity contribution in [3.8, 4) is 6.07 Å². The number of hydrogen-bond donors (Lipinski definition) is 4. The lowest BCUT2D eigenvalue weighted by Crippen LogP contribution is -2.52. The first-order valence-electron chi connectivity index (χ1n) is 15.9. The van der Waals surface area contributed by atoms with E-state index in [1.54, 1.807) is 17.4 Å². The van der Waals surface area contributed by atoms with Gasteiger partial charge in [0.2, 0.25) is 0 Å². The van der Waals surface area contributed by atoms with Crippen molar-refractivity contribution in [1.29, 1.82) is 5.26 Å². The largest absolute Gasteiger partial charge is 0.373 e. The number of anilines is 3. The topological polar surface area (TPSA) is 91.3 Å². The average Bonchev–Trinajstić information content (AvgIpc) is 3.73. The van der Waals surface area contributed by atoms with Crippen LogP contribution in [0.3, 0.4) is 0 Å². The molecule has 0 amide bonds. The van der Waals surface area contributed by atoms with Crippen LogP contribution in [0.2, 0.25) is 15.1 Å². The molecular weight excluding hydrogens is 702 g/mol. The van der Waals surface area contributed by atoms with Gasteiger partial charge in [0.05, 0.1) is 38.6 Å². The Morgan fingerprint density at radius 2 is 1.80 bits per heavy atom. The van der Waals surface area contributed by atoms with Crippen LogP contribution < -0.4 is 21.6 Å². The summed E-state index contributed by atoms with van der Waals surface area (Å²) in [5.74, 6) is -0.534.